The highest BCUT2D eigenvalue weighted by atomic mass is 79.9. The molecule has 1 rings (SSSR count). The molecule has 0 atom stereocenters. The number of carbonyl (C=O) groups is 2. The lowest BCUT2D eigenvalue weighted by atomic mass is 10.2. The van der Waals surface area contributed by atoms with Crippen LogP contribution in [-0.2, 0) is 4.74 Å². The monoisotopic (exact) mass is 357 g/mol. The number of anilines is 1. The number of hydrogen-bond acceptors (Lipinski definition) is 4. The predicted octanol–water partition coefficient (Wildman–Crippen LogP) is 2.29. The van der Waals surface area contributed by atoms with Gasteiger partial charge in [-0.2, -0.15) is 0 Å². The van der Waals surface area contributed by atoms with Gasteiger partial charge in [-0.1, -0.05) is 6.07 Å². The van der Waals surface area contributed by atoms with E-state index in [4.69, 9.17) is 10.5 Å². The maximum Gasteiger partial charge on any atom is 0.407 e. The van der Waals surface area contributed by atoms with Crippen LogP contribution in [0.5, 0.6) is 0 Å². The van der Waals surface area contributed by atoms with Crippen LogP contribution in [0.25, 0.3) is 0 Å². The molecule has 2 amide bonds. The Morgan fingerprint density at radius 1 is 1.24 bits per heavy atom. The van der Waals surface area contributed by atoms with Crippen LogP contribution in [0.4, 0.5) is 10.5 Å². The van der Waals surface area contributed by atoms with Crippen LogP contribution in [0, 0.1) is 0 Å². The number of nitrogens with two attached hydrogens (primary N) is 1. The Kier molecular flexibility index (Phi) is 6.02. The van der Waals surface area contributed by atoms with Crippen molar-refractivity contribution in [3.8, 4) is 0 Å². The molecule has 6 nitrogen and oxygen atoms in total. The van der Waals surface area contributed by atoms with Gasteiger partial charge in [0.05, 0.1) is 10.0 Å². The molecule has 4 N–H and O–H groups in total. The van der Waals surface area contributed by atoms with Gasteiger partial charge < -0.3 is 21.1 Å². The molecule has 0 aliphatic rings. The van der Waals surface area contributed by atoms with Crippen molar-refractivity contribution in [1.82, 2.24) is 10.6 Å². The second-order valence-electron chi connectivity index (χ2n) is 5.39. The van der Waals surface area contributed by atoms with Crippen LogP contribution in [0.15, 0.2) is 22.7 Å². The van der Waals surface area contributed by atoms with Gasteiger partial charge in [-0.15, -0.1) is 0 Å². The van der Waals surface area contributed by atoms with E-state index in [0.29, 0.717) is 22.3 Å². The van der Waals surface area contributed by atoms with Gasteiger partial charge in [-0.05, 0) is 48.8 Å². The van der Waals surface area contributed by atoms with Gasteiger partial charge in [0, 0.05) is 18.8 Å². The van der Waals surface area contributed by atoms with E-state index in [-0.39, 0.29) is 12.5 Å². The van der Waals surface area contributed by atoms with E-state index in [1.54, 1.807) is 39.0 Å². The zero-order chi connectivity index (χ0) is 16.0. The maximum absolute atomic E-state index is 12.0. The lowest BCUT2D eigenvalue weighted by Gasteiger charge is -2.19. The molecule has 0 fully saturated rings. The molecule has 7 heteroatoms. The van der Waals surface area contributed by atoms with E-state index in [0.717, 1.165) is 0 Å². The number of rotatable bonds is 4. The third kappa shape index (κ3) is 6.03. The molecule has 1 aromatic rings. The minimum atomic E-state index is -0.542. The summed E-state index contributed by atoms with van der Waals surface area (Å²) in [6.45, 7) is 5.92. The van der Waals surface area contributed by atoms with E-state index in [2.05, 4.69) is 26.6 Å². The second kappa shape index (κ2) is 7.31. The lowest BCUT2D eigenvalue weighted by Crippen LogP contribution is -2.37. The van der Waals surface area contributed by atoms with Gasteiger partial charge in [-0.3, -0.25) is 4.79 Å². The molecule has 0 aliphatic heterocycles. The quantitative estimate of drug-likeness (QED) is 0.569. The van der Waals surface area contributed by atoms with Crippen molar-refractivity contribution >= 4 is 33.6 Å². The molecular weight excluding hydrogens is 338 g/mol. The summed E-state index contributed by atoms with van der Waals surface area (Å²) in [7, 11) is 0. The fourth-order valence-corrected chi connectivity index (χ4v) is 1.92. The average molecular weight is 358 g/mol. The van der Waals surface area contributed by atoms with E-state index in [9.17, 15) is 9.59 Å². The molecule has 1 aromatic carbocycles. The molecule has 21 heavy (non-hydrogen) atoms. The number of benzene rings is 1. The van der Waals surface area contributed by atoms with Crippen molar-refractivity contribution in [2.45, 2.75) is 26.4 Å². The summed E-state index contributed by atoms with van der Waals surface area (Å²) in [5.74, 6) is -0.264. The minimum absolute atomic E-state index is 0.264. The Morgan fingerprint density at radius 3 is 2.48 bits per heavy atom. The van der Waals surface area contributed by atoms with Crippen LogP contribution in [0.3, 0.4) is 0 Å². The van der Waals surface area contributed by atoms with Crippen LogP contribution in [0.2, 0.25) is 0 Å². The van der Waals surface area contributed by atoms with Crippen molar-refractivity contribution in [1.29, 1.82) is 0 Å². The number of hydrogen-bond donors (Lipinski definition) is 3. The number of carbonyl (C=O) groups excluding carboxylic acids is 2. The van der Waals surface area contributed by atoms with Crippen molar-refractivity contribution in [2.75, 3.05) is 18.8 Å². The number of ether oxygens (including phenoxy) is 1. The van der Waals surface area contributed by atoms with Crippen molar-refractivity contribution in [3.63, 3.8) is 0 Å². The van der Waals surface area contributed by atoms with Gasteiger partial charge >= 0.3 is 6.09 Å². The Bertz CT molecular complexity index is 527. The topological polar surface area (TPSA) is 93.5 Å². The Hall–Kier alpha value is -1.76. The van der Waals surface area contributed by atoms with Gasteiger partial charge in [0.15, 0.2) is 0 Å². The number of halogens is 1. The zero-order valence-electron chi connectivity index (χ0n) is 12.3. The Balaban J connectivity index is 2.38. The van der Waals surface area contributed by atoms with E-state index >= 15 is 0 Å². The summed E-state index contributed by atoms with van der Waals surface area (Å²) in [5.41, 5.74) is 6.12. The Labute approximate surface area is 132 Å². The SMILES string of the molecule is CC(C)(C)OC(=O)NCCNC(=O)c1cccc(N)c1Br. The normalized spacial score (nSPS) is 10.9. The van der Waals surface area contributed by atoms with E-state index in [1.165, 1.54) is 0 Å². The standard InChI is InChI=1S/C14H20BrN3O3/c1-14(2,3)21-13(20)18-8-7-17-12(19)9-5-4-6-10(16)11(9)15/h4-6H,7-8,16H2,1-3H3,(H,17,19)(H,18,20). The zero-order valence-corrected chi connectivity index (χ0v) is 13.9. The highest BCUT2D eigenvalue weighted by Gasteiger charge is 2.16. The van der Waals surface area contributed by atoms with Gasteiger partial charge in [0.1, 0.15) is 5.60 Å². The molecule has 116 valence electrons. The third-order valence-electron chi connectivity index (χ3n) is 2.35. The first kappa shape index (κ1) is 17.3. The van der Waals surface area contributed by atoms with Crippen LogP contribution >= 0.6 is 15.9 Å². The van der Waals surface area contributed by atoms with Crippen LogP contribution in [-0.4, -0.2) is 30.7 Å². The molecule has 0 unspecified atom stereocenters. The summed E-state index contributed by atoms with van der Waals surface area (Å²) in [4.78, 5) is 23.4. The first-order valence-electron chi connectivity index (χ1n) is 6.50. The van der Waals surface area contributed by atoms with E-state index < -0.39 is 11.7 Å². The van der Waals surface area contributed by atoms with Crippen LogP contribution in [0.1, 0.15) is 31.1 Å². The second-order valence-corrected chi connectivity index (χ2v) is 6.19. The van der Waals surface area contributed by atoms with Crippen molar-refractivity contribution < 1.29 is 14.3 Å². The third-order valence-corrected chi connectivity index (χ3v) is 3.24. The minimum Gasteiger partial charge on any atom is -0.444 e. The van der Waals surface area contributed by atoms with Gasteiger partial charge in [0.2, 0.25) is 0 Å². The molecule has 0 radical (unpaired) electrons. The highest BCUT2D eigenvalue weighted by molar-refractivity contribution is 9.10. The number of nitrogen functional groups attached to an aromatic ring is 1. The van der Waals surface area contributed by atoms with Crippen LogP contribution < -0.4 is 16.4 Å². The summed E-state index contributed by atoms with van der Waals surface area (Å²) in [6.07, 6.45) is -0.512. The summed E-state index contributed by atoms with van der Waals surface area (Å²) >= 11 is 3.27. The number of nitrogens with one attached hydrogen (secondary N) is 2. The fourth-order valence-electron chi connectivity index (χ4n) is 1.48. The summed E-state index contributed by atoms with van der Waals surface area (Å²) in [5, 5.41) is 5.25. The van der Waals surface area contributed by atoms with Crippen molar-refractivity contribution in [2.24, 2.45) is 0 Å². The first-order chi connectivity index (χ1) is 9.70. The maximum atomic E-state index is 12.0. The molecule has 0 saturated heterocycles. The molecule has 0 aromatic heterocycles. The first-order valence-corrected chi connectivity index (χ1v) is 7.29. The molecular formula is C14H20BrN3O3. The summed E-state index contributed by atoms with van der Waals surface area (Å²) < 4.78 is 5.64. The Morgan fingerprint density at radius 2 is 1.86 bits per heavy atom. The van der Waals surface area contributed by atoms with Crippen molar-refractivity contribution in [3.05, 3.63) is 28.2 Å². The lowest BCUT2D eigenvalue weighted by molar-refractivity contribution is 0.0526. The summed E-state index contributed by atoms with van der Waals surface area (Å²) in [6, 6.07) is 5.07. The van der Waals surface area contributed by atoms with Gasteiger partial charge in [-0.25, -0.2) is 4.79 Å². The molecule has 0 bridgehead atoms. The predicted molar refractivity (Wildman–Crippen MR) is 85.1 cm³/mol. The highest BCUT2D eigenvalue weighted by Crippen LogP contribution is 2.23. The van der Waals surface area contributed by atoms with Gasteiger partial charge in [0.25, 0.3) is 5.91 Å². The molecule has 0 aliphatic carbocycles. The largest absolute Gasteiger partial charge is 0.444 e. The fraction of sp³-hybridized carbons (Fsp3) is 0.429. The van der Waals surface area contributed by atoms with E-state index in [1.807, 2.05) is 0 Å². The molecule has 0 spiro atoms. The molecule has 0 saturated carbocycles. The number of amides is 2. The average Bonchev–Trinajstić information content (AvgIpc) is 2.35. The number of alkyl carbamates (subject to hydrolysis) is 1. The molecule has 0 heterocycles. The smallest absolute Gasteiger partial charge is 0.407 e.